The molecule has 0 amide bonds. The average Bonchev–Trinajstić information content (AvgIpc) is 3.56. The molecule has 8 heteroatoms. The van der Waals surface area contributed by atoms with Gasteiger partial charge in [-0.2, -0.15) is 0 Å². The van der Waals surface area contributed by atoms with E-state index in [0.717, 1.165) is 44.5 Å². The van der Waals surface area contributed by atoms with Gasteiger partial charge in [0.1, 0.15) is 17.9 Å². The summed E-state index contributed by atoms with van der Waals surface area (Å²) in [6.07, 6.45) is 2.70. The largest absolute Gasteiger partial charge is 0.489 e. The van der Waals surface area contributed by atoms with Crippen molar-refractivity contribution >= 4 is 39.3 Å². The van der Waals surface area contributed by atoms with Crippen molar-refractivity contribution < 1.29 is 22.9 Å². The highest BCUT2D eigenvalue weighted by molar-refractivity contribution is 7.84. The van der Waals surface area contributed by atoms with Crippen molar-refractivity contribution in [3.8, 4) is 16.9 Å². The normalized spacial score (nSPS) is 13.4. The van der Waals surface area contributed by atoms with Crippen LogP contribution in [-0.2, 0) is 33.5 Å². The lowest BCUT2D eigenvalue weighted by Crippen LogP contribution is -2.35. The second kappa shape index (κ2) is 12.3. The molecule has 2 atom stereocenters. The minimum absolute atomic E-state index is 0.00307. The molecule has 0 aliphatic carbocycles. The van der Waals surface area contributed by atoms with Crippen molar-refractivity contribution in [2.45, 2.75) is 64.9 Å². The van der Waals surface area contributed by atoms with Crippen LogP contribution in [0, 0.1) is 0 Å². The van der Waals surface area contributed by atoms with E-state index in [1.807, 2.05) is 51.1 Å². The fourth-order valence-electron chi connectivity index (χ4n) is 4.09. The third kappa shape index (κ3) is 6.73. The van der Waals surface area contributed by atoms with E-state index in [1.165, 1.54) is 0 Å². The standard InChI is InChI=1S/C30H35NO5S2/c1-6-25(31-38(33)30(3,4)5)27-16-23(19-37-27)24-15-20(14-22-12-13-35-29(22)24)18-36-26-11-9-8-10-21(26)17-28(32)34-7-2/h8-16,19,25,31H,6-7,17-18H2,1-5H3/t25?,38-/m1/s1. The second-order valence-electron chi connectivity index (χ2n) is 10.1. The predicted octanol–water partition coefficient (Wildman–Crippen LogP) is 7.35. The van der Waals surface area contributed by atoms with Gasteiger partial charge in [-0.05, 0) is 81.0 Å². The molecule has 4 rings (SSSR count). The monoisotopic (exact) mass is 553 g/mol. The Kier molecular flexibility index (Phi) is 9.07. The number of para-hydroxylation sites is 1. The first kappa shape index (κ1) is 28.1. The van der Waals surface area contributed by atoms with Gasteiger partial charge in [-0.1, -0.05) is 25.1 Å². The number of fused-ring (bicyclic) bond motifs is 1. The SMILES string of the molecule is CCOC(=O)Cc1ccccc1OCc1cc(-c2csc(C(CC)N[S@](=O)C(C)(C)C)c2)c2occc2c1. The average molecular weight is 554 g/mol. The lowest BCUT2D eigenvalue weighted by atomic mass is 10.0. The van der Waals surface area contributed by atoms with E-state index < -0.39 is 11.0 Å². The zero-order valence-corrected chi connectivity index (χ0v) is 24.2. The van der Waals surface area contributed by atoms with Crippen molar-refractivity contribution in [3.05, 3.63) is 76.2 Å². The number of hydrogen-bond donors (Lipinski definition) is 1. The number of nitrogens with one attached hydrogen (secondary N) is 1. The zero-order chi connectivity index (χ0) is 27.3. The molecule has 0 fully saturated rings. The first-order valence-corrected chi connectivity index (χ1v) is 14.9. The zero-order valence-electron chi connectivity index (χ0n) is 22.5. The van der Waals surface area contributed by atoms with Crippen LogP contribution >= 0.6 is 11.3 Å². The lowest BCUT2D eigenvalue weighted by molar-refractivity contribution is -0.142. The molecule has 0 saturated heterocycles. The van der Waals surface area contributed by atoms with Gasteiger partial charge in [0.05, 0.1) is 41.1 Å². The Hall–Kier alpha value is -2.94. The number of hydrogen-bond acceptors (Lipinski definition) is 6. The summed E-state index contributed by atoms with van der Waals surface area (Å²) in [4.78, 5) is 13.2. The molecule has 0 aliphatic rings. The van der Waals surface area contributed by atoms with Crippen LogP contribution in [-0.4, -0.2) is 21.5 Å². The van der Waals surface area contributed by atoms with Crippen molar-refractivity contribution in [1.82, 2.24) is 4.72 Å². The first-order valence-electron chi connectivity index (χ1n) is 12.8. The third-order valence-electron chi connectivity index (χ3n) is 6.11. The molecule has 4 aromatic rings. The number of carbonyl (C=O) groups excluding carboxylic acids is 1. The highest BCUT2D eigenvalue weighted by atomic mass is 32.2. The highest BCUT2D eigenvalue weighted by Crippen LogP contribution is 2.36. The number of furan rings is 1. The third-order valence-corrected chi connectivity index (χ3v) is 8.76. The summed E-state index contributed by atoms with van der Waals surface area (Å²) < 4.78 is 32.8. The van der Waals surface area contributed by atoms with Crippen molar-refractivity contribution in [1.29, 1.82) is 0 Å². The molecule has 6 nitrogen and oxygen atoms in total. The Labute approximate surface area is 230 Å². The number of thiophene rings is 1. The molecule has 0 radical (unpaired) electrons. The molecule has 2 aromatic heterocycles. The Bertz CT molecular complexity index is 1420. The van der Waals surface area contributed by atoms with Crippen LogP contribution in [0.2, 0.25) is 0 Å². The van der Waals surface area contributed by atoms with Gasteiger partial charge in [-0.25, -0.2) is 8.93 Å². The van der Waals surface area contributed by atoms with Crippen LogP contribution in [0.4, 0.5) is 0 Å². The summed E-state index contributed by atoms with van der Waals surface area (Å²) in [7, 11) is -1.16. The van der Waals surface area contributed by atoms with Crippen LogP contribution in [0.1, 0.15) is 63.1 Å². The number of benzene rings is 2. The van der Waals surface area contributed by atoms with Gasteiger partial charge < -0.3 is 13.9 Å². The van der Waals surface area contributed by atoms with E-state index in [-0.39, 0.29) is 23.2 Å². The molecule has 202 valence electrons. The van der Waals surface area contributed by atoms with E-state index in [9.17, 15) is 9.00 Å². The lowest BCUT2D eigenvalue weighted by Gasteiger charge is -2.22. The summed E-state index contributed by atoms with van der Waals surface area (Å²) in [6, 6.07) is 15.8. The van der Waals surface area contributed by atoms with Crippen LogP contribution in [0.5, 0.6) is 5.75 Å². The summed E-state index contributed by atoms with van der Waals surface area (Å²) in [5, 5.41) is 3.11. The van der Waals surface area contributed by atoms with Crippen LogP contribution < -0.4 is 9.46 Å². The van der Waals surface area contributed by atoms with Gasteiger partial charge in [0, 0.05) is 21.4 Å². The Morgan fingerprint density at radius 2 is 1.92 bits per heavy atom. The molecule has 38 heavy (non-hydrogen) atoms. The first-order chi connectivity index (χ1) is 18.2. The number of carbonyl (C=O) groups is 1. The molecular weight excluding hydrogens is 518 g/mol. The second-order valence-corrected chi connectivity index (χ2v) is 13.0. The summed E-state index contributed by atoms with van der Waals surface area (Å²) >= 11 is 1.65. The predicted molar refractivity (Wildman–Crippen MR) is 155 cm³/mol. The molecular formula is C30H35NO5S2. The van der Waals surface area contributed by atoms with Gasteiger partial charge in [-0.3, -0.25) is 4.79 Å². The maximum Gasteiger partial charge on any atom is 0.310 e. The summed E-state index contributed by atoms with van der Waals surface area (Å²) in [5.74, 6) is 0.390. The topological polar surface area (TPSA) is 77.8 Å². The van der Waals surface area contributed by atoms with Crippen LogP contribution in [0.3, 0.4) is 0 Å². The fourth-order valence-corrected chi connectivity index (χ4v) is 6.11. The van der Waals surface area contributed by atoms with Crippen molar-refractivity contribution in [2.24, 2.45) is 0 Å². The van der Waals surface area contributed by atoms with Crippen LogP contribution in [0.15, 0.2) is 64.6 Å². The maximum absolute atomic E-state index is 12.7. The Morgan fingerprint density at radius 1 is 1.13 bits per heavy atom. The number of rotatable bonds is 11. The fraction of sp³-hybridized carbons (Fsp3) is 0.367. The Morgan fingerprint density at radius 3 is 2.66 bits per heavy atom. The molecule has 1 unspecified atom stereocenters. The molecule has 2 aromatic carbocycles. The molecule has 2 heterocycles. The summed E-state index contributed by atoms with van der Waals surface area (Å²) in [5.41, 5.74) is 4.65. The maximum atomic E-state index is 12.7. The Balaban J connectivity index is 1.57. The molecule has 0 spiro atoms. The van der Waals surface area contributed by atoms with Crippen molar-refractivity contribution in [2.75, 3.05) is 6.61 Å². The van der Waals surface area contributed by atoms with E-state index in [4.69, 9.17) is 13.9 Å². The van der Waals surface area contributed by atoms with Gasteiger partial charge in [0.25, 0.3) is 0 Å². The minimum Gasteiger partial charge on any atom is -0.489 e. The minimum atomic E-state index is -1.16. The molecule has 0 aliphatic heterocycles. The molecule has 0 saturated carbocycles. The molecule has 0 bridgehead atoms. The van der Waals surface area contributed by atoms with Gasteiger partial charge in [0.2, 0.25) is 0 Å². The van der Waals surface area contributed by atoms with Crippen LogP contribution in [0.25, 0.3) is 22.1 Å². The smallest absolute Gasteiger partial charge is 0.310 e. The summed E-state index contributed by atoms with van der Waals surface area (Å²) in [6.45, 7) is 10.5. The quantitative estimate of drug-likeness (QED) is 0.197. The van der Waals surface area contributed by atoms with Crippen molar-refractivity contribution in [3.63, 3.8) is 0 Å². The van der Waals surface area contributed by atoms with Gasteiger partial charge in [0.15, 0.2) is 0 Å². The van der Waals surface area contributed by atoms with E-state index >= 15 is 0 Å². The van der Waals surface area contributed by atoms with E-state index in [0.29, 0.717) is 19.0 Å². The molecule has 1 N–H and O–H groups in total. The van der Waals surface area contributed by atoms with Gasteiger partial charge >= 0.3 is 5.97 Å². The highest BCUT2D eigenvalue weighted by Gasteiger charge is 2.24. The van der Waals surface area contributed by atoms with E-state index in [1.54, 1.807) is 24.5 Å². The number of esters is 1. The number of ether oxygens (including phenoxy) is 2. The van der Waals surface area contributed by atoms with Gasteiger partial charge in [-0.15, -0.1) is 11.3 Å². The van der Waals surface area contributed by atoms with E-state index in [2.05, 4.69) is 35.2 Å².